The molecule has 0 bridgehead atoms. The van der Waals surface area contributed by atoms with E-state index in [1.807, 2.05) is 13.8 Å². The first-order valence-electron chi connectivity index (χ1n) is 4.10. The van der Waals surface area contributed by atoms with Crippen LogP contribution >= 0.6 is 0 Å². The van der Waals surface area contributed by atoms with Gasteiger partial charge in [-0.05, 0) is 13.8 Å². The summed E-state index contributed by atoms with van der Waals surface area (Å²) in [5.41, 5.74) is 4.19. The van der Waals surface area contributed by atoms with Crippen molar-refractivity contribution < 1.29 is 4.79 Å². The van der Waals surface area contributed by atoms with E-state index >= 15 is 0 Å². The normalized spacial score (nSPS) is 31.7. The third kappa shape index (κ3) is 1.16. The summed E-state index contributed by atoms with van der Waals surface area (Å²) in [4.78, 5) is 19.4. The molecule has 0 aromatic carbocycles. The van der Waals surface area contributed by atoms with Crippen molar-refractivity contribution in [2.24, 2.45) is 21.0 Å². The number of fused-ring (bicyclic) bond motifs is 1. The van der Waals surface area contributed by atoms with E-state index < -0.39 is 0 Å². The molecule has 68 valence electrons. The van der Waals surface area contributed by atoms with Crippen molar-refractivity contribution in [3.8, 4) is 0 Å². The number of nitrogens with one attached hydrogen (secondary N) is 1. The van der Waals surface area contributed by atoms with Crippen LogP contribution < -0.4 is 5.43 Å². The van der Waals surface area contributed by atoms with Crippen LogP contribution in [-0.2, 0) is 4.79 Å². The Kier molecular flexibility index (Phi) is 1.72. The maximum atomic E-state index is 11.3. The van der Waals surface area contributed by atoms with Crippen molar-refractivity contribution in [1.29, 1.82) is 0 Å². The standard InChI is InChI=1S/C8H10N4O/c1-4-6-5(2)11-12-8(13)7(6)10-3-9-4/h3,6-7H,1-2H3,(H,12,13). The number of carbonyl (C=O) groups is 1. The van der Waals surface area contributed by atoms with E-state index in [-0.39, 0.29) is 17.9 Å². The van der Waals surface area contributed by atoms with Crippen molar-refractivity contribution in [2.45, 2.75) is 19.9 Å². The van der Waals surface area contributed by atoms with Crippen molar-refractivity contribution in [3.63, 3.8) is 0 Å². The van der Waals surface area contributed by atoms with Gasteiger partial charge in [0.05, 0.1) is 5.92 Å². The van der Waals surface area contributed by atoms with Gasteiger partial charge in [0.1, 0.15) is 12.4 Å². The zero-order chi connectivity index (χ0) is 9.42. The van der Waals surface area contributed by atoms with Crippen molar-refractivity contribution in [3.05, 3.63) is 0 Å². The van der Waals surface area contributed by atoms with Crippen LogP contribution in [0.1, 0.15) is 13.8 Å². The molecule has 13 heavy (non-hydrogen) atoms. The minimum atomic E-state index is -0.366. The molecule has 0 saturated heterocycles. The molecule has 2 rings (SSSR count). The van der Waals surface area contributed by atoms with Crippen LogP contribution in [0.4, 0.5) is 0 Å². The molecule has 2 atom stereocenters. The Labute approximate surface area is 75.6 Å². The van der Waals surface area contributed by atoms with Crippen molar-refractivity contribution in [1.82, 2.24) is 5.43 Å². The summed E-state index contributed by atoms with van der Waals surface area (Å²) < 4.78 is 0. The Balaban J connectivity index is 2.42. The zero-order valence-corrected chi connectivity index (χ0v) is 7.48. The molecule has 2 unspecified atom stereocenters. The number of hydrogen-bond acceptors (Lipinski definition) is 4. The Morgan fingerprint density at radius 2 is 2.15 bits per heavy atom. The van der Waals surface area contributed by atoms with E-state index in [2.05, 4.69) is 20.5 Å². The first-order chi connectivity index (χ1) is 6.20. The van der Waals surface area contributed by atoms with Gasteiger partial charge in [0, 0.05) is 11.4 Å². The third-order valence-electron chi connectivity index (χ3n) is 2.32. The Morgan fingerprint density at radius 1 is 1.38 bits per heavy atom. The van der Waals surface area contributed by atoms with E-state index in [0.29, 0.717) is 0 Å². The lowest BCUT2D eigenvalue weighted by atomic mass is 9.89. The molecule has 2 aliphatic rings. The molecular formula is C8H10N4O. The second kappa shape index (κ2) is 2.76. The number of amides is 1. The smallest absolute Gasteiger partial charge is 0.265 e. The van der Waals surface area contributed by atoms with Gasteiger partial charge in [0.15, 0.2) is 0 Å². The highest BCUT2D eigenvalue weighted by molar-refractivity contribution is 6.14. The largest absolute Gasteiger partial charge is 0.271 e. The molecule has 2 heterocycles. The summed E-state index contributed by atoms with van der Waals surface area (Å²) >= 11 is 0. The first kappa shape index (κ1) is 8.10. The minimum absolute atomic E-state index is 0.0428. The van der Waals surface area contributed by atoms with Gasteiger partial charge in [-0.2, -0.15) is 5.10 Å². The second-order valence-corrected chi connectivity index (χ2v) is 3.19. The number of rotatable bonds is 0. The molecule has 0 aromatic heterocycles. The fraction of sp³-hybridized carbons (Fsp3) is 0.500. The highest BCUT2D eigenvalue weighted by Crippen LogP contribution is 2.18. The van der Waals surface area contributed by atoms with Crippen LogP contribution in [0, 0.1) is 5.92 Å². The molecule has 2 aliphatic heterocycles. The predicted octanol–water partition coefficient (Wildman–Crippen LogP) is -0.0203. The molecule has 1 amide bonds. The van der Waals surface area contributed by atoms with E-state index in [1.54, 1.807) is 0 Å². The van der Waals surface area contributed by atoms with Gasteiger partial charge in [0.2, 0.25) is 0 Å². The Hall–Kier alpha value is -1.52. The third-order valence-corrected chi connectivity index (χ3v) is 2.32. The molecule has 0 spiro atoms. The Bertz CT molecular complexity index is 342. The van der Waals surface area contributed by atoms with Gasteiger partial charge in [-0.25, -0.2) is 10.4 Å². The van der Waals surface area contributed by atoms with Gasteiger partial charge in [-0.3, -0.25) is 9.79 Å². The van der Waals surface area contributed by atoms with E-state index in [1.165, 1.54) is 6.34 Å². The van der Waals surface area contributed by atoms with Crippen LogP contribution in [0.5, 0.6) is 0 Å². The van der Waals surface area contributed by atoms with E-state index in [0.717, 1.165) is 11.4 Å². The van der Waals surface area contributed by atoms with Crippen LogP contribution in [0.25, 0.3) is 0 Å². The summed E-state index contributed by atoms with van der Waals surface area (Å²) in [6.45, 7) is 3.76. The average Bonchev–Trinajstić information content (AvgIpc) is 2.12. The lowest BCUT2D eigenvalue weighted by molar-refractivity contribution is -0.122. The average molecular weight is 178 g/mol. The molecule has 5 nitrogen and oxygen atoms in total. The van der Waals surface area contributed by atoms with Gasteiger partial charge in [-0.1, -0.05) is 0 Å². The number of hydrogen-bond donors (Lipinski definition) is 1. The number of nitrogens with zero attached hydrogens (tertiary/aromatic N) is 3. The van der Waals surface area contributed by atoms with Gasteiger partial charge < -0.3 is 0 Å². The summed E-state index contributed by atoms with van der Waals surface area (Å²) in [5, 5.41) is 3.91. The van der Waals surface area contributed by atoms with Gasteiger partial charge in [-0.15, -0.1) is 0 Å². The van der Waals surface area contributed by atoms with E-state index in [9.17, 15) is 4.79 Å². The number of hydrazone groups is 1. The molecule has 0 saturated carbocycles. The fourth-order valence-electron chi connectivity index (χ4n) is 1.62. The topological polar surface area (TPSA) is 66.2 Å². The monoisotopic (exact) mass is 178 g/mol. The van der Waals surface area contributed by atoms with E-state index in [4.69, 9.17) is 0 Å². The van der Waals surface area contributed by atoms with Crippen LogP contribution in [0.2, 0.25) is 0 Å². The lowest BCUT2D eigenvalue weighted by Gasteiger charge is -2.27. The van der Waals surface area contributed by atoms with Crippen LogP contribution in [0.15, 0.2) is 15.1 Å². The highest BCUT2D eigenvalue weighted by atomic mass is 16.2. The predicted molar refractivity (Wildman–Crippen MR) is 50.1 cm³/mol. The second-order valence-electron chi connectivity index (χ2n) is 3.19. The highest BCUT2D eigenvalue weighted by Gasteiger charge is 2.36. The molecule has 0 aromatic rings. The van der Waals surface area contributed by atoms with Crippen LogP contribution in [0.3, 0.4) is 0 Å². The SMILES string of the molecule is CC1=NC=NC2C(=O)NN=C(C)C12. The van der Waals surface area contributed by atoms with Gasteiger partial charge >= 0.3 is 0 Å². The maximum absolute atomic E-state index is 11.3. The number of aliphatic imine (C=N–C) groups is 2. The summed E-state index contributed by atoms with van der Waals surface area (Å²) in [6.07, 6.45) is 1.44. The summed E-state index contributed by atoms with van der Waals surface area (Å²) in [5.74, 6) is -0.195. The maximum Gasteiger partial charge on any atom is 0.265 e. The summed E-state index contributed by atoms with van der Waals surface area (Å²) in [6, 6.07) is -0.366. The molecule has 1 N–H and O–H groups in total. The Morgan fingerprint density at radius 3 is 2.85 bits per heavy atom. The van der Waals surface area contributed by atoms with Crippen molar-refractivity contribution in [2.75, 3.05) is 0 Å². The van der Waals surface area contributed by atoms with Crippen LogP contribution in [-0.4, -0.2) is 29.7 Å². The summed E-state index contributed by atoms with van der Waals surface area (Å²) in [7, 11) is 0. The molecule has 0 fully saturated rings. The number of carbonyl (C=O) groups excluding carboxylic acids is 1. The quantitative estimate of drug-likeness (QED) is 0.556. The van der Waals surface area contributed by atoms with Crippen molar-refractivity contribution >= 4 is 23.7 Å². The zero-order valence-electron chi connectivity index (χ0n) is 7.48. The molecule has 0 radical (unpaired) electrons. The first-order valence-corrected chi connectivity index (χ1v) is 4.10. The minimum Gasteiger partial charge on any atom is -0.271 e. The lowest BCUT2D eigenvalue weighted by Crippen LogP contribution is -2.48. The fourth-order valence-corrected chi connectivity index (χ4v) is 1.62. The molecule has 5 heteroatoms. The molecule has 0 aliphatic carbocycles. The van der Waals surface area contributed by atoms with Gasteiger partial charge in [0.25, 0.3) is 5.91 Å². The molecular weight excluding hydrogens is 168 g/mol.